The fourth-order valence-electron chi connectivity index (χ4n) is 2.70. The molecule has 0 saturated carbocycles. The van der Waals surface area contributed by atoms with Crippen LogP contribution in [0.25, 0.3) is 0 Å². The topological polar surface area (TPSA) is 29.5 Å². The molecule has 27 heavy (non-hydrogen) atoms. The Morgan fingerprint density at radius 2 is 1.56 bits per heavy atom. The Morgan fingerprint density at radius 3 is 2.15 bits per heavy atom. The van der Waals surface area contributed by atoms with E-state index in [0.29, 0.717) is 6.61 Å². The molecule has 3 heteroatoms. The molecular weight excluding hydrogens is 447 g/mol. The first-order valence-corrected chi connectivity index (χ1v) is 11.2. The van der Waals surface area contributed by atoms with Crippen molar-refractivity contribution in [1.82, 2.24) is 0 Å². The van der Waals surface area contributed by atoms with Crippen LogP contribution in [0.2, 0.25) is 0 Å². The summed E-state index contributed by atoms with van der Waals surface area (Å²) in [6.45, 7) is 9.41. The maximum absolute atomic E-state index is 9.35. The highest BCUT2D eigenvalue weighted by molar-refractivity contribution is 5.29. The van der Waals surface area contributed by atoms with Crippen molar-refractivity contribution in [3.63, 3.8) is 0 Å². The average Bonchev–Trinajstić information content (AvgIpc) is 2.63. The van der Waals surface area contributed by atoms with Crippen molar-refractivity contribution in [3.05, 3.63) is 90.6 Å². The molecule has 0 spiro atoms. The van der Waals surface area contributed by atoms with Crippen molar-refractivity contribution in [1.29, 1.82) is 0 Å². The number of aromatic hydroxyl groups is 1. The van der Waals surface area contributed by atoms with Crippen LogP contribution >= 0.6 is 0 Å². The highest BCUT2D eigenvalue weighted by Gasteiger charge is 2.20. The molecule has 0 saturated heterocycles. The number of aryl methyl sites for hydroxylation is 1. The fraction of sp³-hybridized carbons (Fsp3) is 0.250. The summed E-state index contributed by atoms with van der Waals surface area (Å²) >= 11 is -0.197. The predicted octanol–water partition coefficient (Wildman–Crippen LogP) is 2.71. The average molecular weight is 473 g/mol. The van der Waals surface area contributed by atoms with Crippen LogP contribution in [0.1, 0.15) is 37.5 Å². The smallest absolute Gasteiger partial charge is 0.358 e. The number of benzene rings is 3. The van der Waals surface area contributed by atoms with Gasteiger partial charge in [0.15, 0.2) is 7.14 Å². The minimum Gasteiger partial charge on any atom is -0.508 e. The van der Waals surface area contributed by atoms with Crippen LogP contribution in [0.5, 0.6) is 11.5 Å². The molecule has 0 unspecified atom stereocenters. The van der Waals surface area contributed by atoms with E-state index in [1.165, 1.54) is 18.3 Å². The standard InChI is InChI=1S/C24H25IO2/c1-17-15-22(27-16-18-5-11-21(26)12-6-18)13-14-23(17)25-20-9-7-19(8-10-20)24(2,3)4/h5-15H,16H2,1-4H3/p+1. The maximum Gasteiger partial charge on any atom is 0.358 e. The van der Waals surface area contributed by atoms with E-state index in [4.69, 9.17) is 4.74 Å². The van der Waals surface area contributed by atoms with Crippen LogP contribution in [0.15, 0.2) is 66.7 Å². The van der Waals surface area contributed by atoms with Gasteiger partial charge in [0.05, 0.1) is 0 Å². The third-order valence-corrected chi connectivity index (χ3v) is 7.53. The van der Waals surface area contributed by atoms with E-state index in [1.807, 2.05) is 12.1 Å². The maximum atomic E-state index is 9.35. The Labute approximate surface area is 172 Å². The number of hydrogen-bond acceptors (Lipinski definition) is 2. The van der Waals surface area contributed by atoms with E-state index in [9.17, 15) is 5.11 Å². The van der Waals surface area contributed by atoms with Gasteiger partial charge in [-0.1, -0.05) is 45.0 Å². The summed E-state index contributed by atoms with van der Waals surface area (Å²) in [6.07, 6.45) is 0. The summed E-state index contributed by atoms with van der Waals surface area (Å²) in [5.74, 6) is 1.16. The molecular formula is C24H26IO2+. The Morgan fingerprint density at radius 1 is 0.889 bits per heavy atom. The van der Waals surface area contributed by atoms with Crippen molar-refractivity contribution in [2.24, 2.45) is 0 Å². The minimum atomic E-state index is -0.197. The lowest BCUT2D eigenvalue weighted by molar-refractivity contribution is -0.598. The molecule has 3 aromatic carbocycles. The zero-order valence-electron chi connectivity index (χ0n) is 16.3. The van der Waals surface area contributed by atoms with Crippen molar-refractivity contribution >= 4 is 0 Å². The molecule has 0 aliphatic carbocycles. The first-order valence-electron chi connectivity index (χ1n) is 9.08. The van der Waals surface area contributed by atoms with E-state index in [1.54, 1.807) is 12.1 Å². The van der Waals surface area contributed by atoms with Crippen molar-refractivity contribution < 1.29 is 31.0 Å². The first-order chi connectivity index (χ1) is 12.8. The summed E-state index contributed by atoms with van der Waals surface area (Å²) in [7, 11) is 0. The summed E-state index contributed by atoms with van der Waals surface area (Å²) in [5, 5.41) is 9.35. The van der Waals surface area contributed by atoms with Crippen molar-refractivity contribution in [3.8, 4) is 11.5 Å². The Balaban J connectivity index is 1.65. The van der Waals surface area contributed by atoms with Crippen LogP contribution < -0.4 is 25.9 Å². The second kappa shape index (κ2) is 8.34. The quantitative estimate of drug-likeness (QED) is 0.578. The third-order valence-electron chi connectivity index (χ3n) is 4.39. The molecule has 2 nitrogen and oxygen atoms in total. The van der Waals surface area contributed by atoms with Gasteiger partial charge in [-0.15, -0.1) is 0 Å². The minimum absolute atomic E-state index is 0.197. The lowest BCUT2D eigenvalue weighted by atomic mass is 9.87. The number of phenols is 1. The highest BCUT2D eigenvalue weighted by Crippen LogP contribution is 2.21. The second-order valence-electron chi connectivity index (χ2n) is 7.72. The fourth-order valence-corrected chi connectivity index (χ4v) is 5.03. The Bertz CT molecular complexity index is 891. The Hall–Kier alpha value is -2.01. The van der Waals surface area contributed by atoms with Gasteiger partial charge in [-0.3, -0.25) is 0 Å². The molecule has 0 atom stereocenters. The van der Waals surface area contributed by atoms with Crippen LogP contribution in [0, 0.1) is 14.1 Å². The Kier molecular flexibility index (Phi) is 6.10. The normalized spacial score (nSPS) is 11.4. The molecule has 0 radical (unpaired) electrons. The van der Waals surface area contributed by atoms with Crippen molar-refractivity contribution in [2.75, 3.05) is 0 Å². The molecule has 1 N–H and O–H groups in total. The predicted molar refractivity (Wildman–Crippen MR) is 106 cm³/mol. The van der Waals surface area contributed by atoms with Gasteiger partial charge in [0.2, 0.25) is 0 Å². The molecule has 3 rings (SSSR count). The van der Waals surface area contributed by atoms with Gasteiger partial charge in [-0.25, -0.2) is 0 Å². The summed E-state index contributed by atoms with van der Waals surface area (Å²) < 4.78 is 8.76. The van der Waals surface area contributed by atoms with Gasteiger partial charge in [-0.05, 0) is 65.9 Å². The van der Waals surface area contributed by atoms with Gasteiger partial charge in [0.25, 0.3) is 0 Å². The van der Waals surface area contributed by atoms with Crippen LogP contribution in [0.3, 0.4) is 0 Å². The molecule has 0 amide bonds. The van der Waals surface area contributed by atoms with E-state index in [-0.39, 0.29) is 32.4 Å². The van der Waals surface area contributed by atoms with Crippen molar-refractivity contribution in [2.45, 2.75) is 39.7 Å². The van der Waals surface area contributed by atoms with E-state index >= 15 is 0 Å². The zero-order chi connectivity index (χ0) is 19.4. The first kappa shape index (κ1) is 19.7. The summed E-state index contributed by atoms with van der Waals surface area (Å²) in [5.41, 5.74) is 3.90. The third kappa shape index (κ3) is 5.48. The zero-order valence-corrected chi connectivity index (χ0v) is 18.4. The lowest BCUT2D eigenvalue weighted by Gasteiger charge is -2.18. The van der Waals surface area contributed by atoms with Gasteiger partial charge in [0, 0.05) is 5.56 Å². The molecule has 0 aliphatic heterocycles. The monoisotopic (exact) mass is 473 g/mol. The SMILES string of the molecule is Cc1cc(OCc2ccc(O)cc2)ccc1[I+]c1ccc(C(C)(C)C)cc1. The number of phenolic OH excluding ortho intramolecular Hbond substituents is 1. The number of hydrogen-bond donors (Lipinski definition) is 1. The van der Waals surface area contributed by atoms with Crippen LogP contribution in [0.4, 0.5) is 0 Å². The summed E-state index contributed by atoms with van der Waals surface area (Å²) in [4.78, 5) is 0. The molecule has 140 valence electrons. The number of rotatable bonds is 5. The van der Waals surface area contributed by atoms with Crippen LogP contribution in [-0.4, -0.2) is 5.11 Å². The van der Waals surface area contributed by atoms with Gasteiger partial charge >= 0.3 is 21.2 Å². The van der Waals surface area contributed by atoms with Gasteiger partial charge < -0.3 is 9.84 Å². The number of ether oxygens (including phenoxy) is 1. The largest absolute Gasteiger partial charge is 0.508 e. The molecule has 0 heterocycles. The highest BCUT2D eigenvalue weighted by atomic mass is 127. The van der Waals surface area contributed by atoms with E-state index in [0.717, 1.165) is 11.3 Å². The molecule has 0 bridgehead atoms. The molecule has 0 aliphatic rings. The second-order valence-corrected chi connectivity index (χ2v) is 10.7. The van der Waals surface area contributed by atoms with Gasteiger partial charge in [-0.2, -0.15) is 0 Å². The van der Waals surface area contributed by atoms with Gasteiger partial charge in [0.1, 0.15) is 18.1 Å². The lowest BCUT2D eigenvalue weighted by Crippen LogP contribution is -3.61. The molecule has 0 fully saturated rings. The summed E-state index contributed by atoms with van der Waals surface area (Å²) in [6, 6.07) is 22.6. The molecule has 0 aromatic heterocycles. The van der Waals surface area contributed by atoms with E-state index < -0.39 is 0 Å². The molecule has 3 aromatic rings. The van der Waals surface area contributed by atoms with Crippen LogP contribution in [-0.2, 0) is 12.0 Å². The number of halogens is 1. The van der Waals surface area contributed by atoms with E-state index in [2.05, 4.69) is 70.2 Å².